The highest BCUT2D eigenvalue weighted by Gasteiger charge is 2.21. The van der Waals surface area contributed by atoms with E-state index in [4.69, 9.17) is 51.1 Å². The molecule has 1 unspecified atom stereocenters. The minimum Gasteiger partial charge on any atom is -0.365 e. The predicted octanol–water partition coefficient (Wildman–Crippen LogP) is 8.38. The summed E-state index contributed by atoms with van der Waals surface area (Å²) in [5.41, 5.74) is 2.34. The summed E-state index contributed by atoms with van der Waals surface area (Å²) in [6.45, 7) is 1.35. The van der Waals surface area contributed by atoms with E-state index in [0.717, 1.165) is 15.6 Å². The van der Waals surface area contributed by atoms with E-state index in [2.05, 4.69) is 15.9 Å². The molecule has 9 heteroatoms. The molecule has 1 heterocycles. The number of nitrogens with zero attached hydrogens (tertiary/aromatic N) is 2. The molecule has 0 amide bonds. The number of carbonyl (C=O) groups excluding carboxylic acids is 1. The third-order valence-corrected chi connectivity index (χ3v) is 7.33. The first-order valence-electron chi connectivity index (χ1n) is 11.1. The van der Waals surface area contributed by atoms with E-state index >= 15 is 0 Å². The zero-order valence-corrected chi connectivity index (χ0v) is 23.6. The van der Waals surface area contributed by atoms with Gasteiger partial charge in [0.15, 0.2) is 5.78 Å². The van der Waals surface area contributed by atoms with Crippen LogP contribution in [0.4, 0.5) is 0 Å². The van der Waals surface area contributed by atoms with E-state index in [-0.39, 0.29) is 18.5 Å². The van der Waals surface area contributed by atoms with Gasteiger partial charge in [0.2, 0.25) is 6.33 Å². The quantitative estimate of drug-likeness (QED) is 0.131. The van der Waals surface area contributed by atoms with Gasteiger partial charge in [0, 0.05) is 42.1 Å². The van der Waals surface area contributed by atoms with E-state index in [0.29, 0.717) is 45.2 Å². The molecule has 0 N–H and O–H groups in total. The number of imidazole rings is 1. The Bertz CT molecular complexity index is 1360. The molecule has 0 fully saturated rings. The number of hydrogen-bond donors (Lipinski definition) is 0. The van der Waals surface area contributed by atoms with Gasteiger partial charge in [0.1, 0.15) is 25.0 Å². The van der Waals surface area contributed by atoms with E-state index < -0.39 is 0 Å². The SMILES string of the molecule is O=C(CCn1cc[n+](CC(OCc2ccc(Cl)cc2Cl)c2ccc(Cl)cc2Cl)c1)c1ccc(Br)cc1. The average molecular weight is 628 g/mol. The highest BCUT2D eigenvalue weighted by molar-refractivity contribution is 9.10. The molecule has 0 aliphatic carbocycles. The standard InChI is InChI=1S/C27H22BrCl4N2O2/c28-20-4-1-18(2-5-20)26(35)9-10-33-11-12-34(17-33)15-27(23-8-7-22(30)14-25(23)32)36-16-19-3-6-21(29)13-24(19)31/h1-8,11-14,17,27H,9-10,15-16H2/q+1. The molecule has 4 rings (SSSR count). The summed E-state index contributed by atoms with van der Waals surface area (Å²) in [4.78, 5) is 12.5. The van der Waals surface area contributed by atoms with Crippen LogP contribution in [-0.4, -0.2) is 10.4 Å². The molecule has 36 heavy (non-hydrogen) atoms. The molecular weight excluding hydrogens is 606 g/mol. The lowest BCUT2D eigenvalue weighted by atomic mass is 10.1. The van der Waals surface area contributed by atoms with Crippen molar-refractivity contribution in [3.63, 3.8) is 0 Å². The number of carbonyl (C=O) groups is 1. The van der Waals surface area contributed by atoms with Gasteiger partial charge < -0.3 is 4.74 Å². The summed E-state index contributed by atoms with van der Waals surface area (Å²) in [7, 11) is 0. The average Bonchev–Trinajstić information content (AvgIpc) is 3.29. The zero-order chi connectivity index (χ0) is 25.7. The van der Waals surface area contributed by atoms with Crippen LogP contribution in [0.1, 0.15) is 34.0 Å². The van der Waals surface area contributed by atoms with E-state index in [1.54, 1.807) is 24.3 Å². The molecule has 3 aromatic carbocycles. The molecule has 4 aromatic rings. The van der Waals surface area contributed by atoms with Gasteiger partial charge in [0.05, 0.1) is 13.2 Å². The number of Topliss-reactive ketones (excluding diaryl/α,β-unsaturated/α-hetero) is 1. The minimum atomic E-state index is -0.369. The summed E-state index contributed by atoms with van der Waals surface area (Å²) in [5, 5.41) is 2.18. The van der Waals surface area contributed by atoms with Crippen LogP contribution in [0, 0.1) is 0 Å². The smallest absolute Gasteiger partial charge is 0.243 e. The fraction of sp³-hybridized carbons (Fsp3) is 0.185. The summed E-state index contributed by atoms with van der Waals surface area (Å²) in [6, 6.07) is 18.1. The second-order valence-corrected chi connectivity index (χ2v) is 10.8. The topological polar surface area (TPSA) is 35.1 Å². The number of rotatable bonds is 10. The number of ether oxygens (including phenoxy) is 1. The minimum absolute atomic E-state index is 0.0942. The number of aromatic nitrogens is 2. The zero-order valence-electron chi connectivity index (χ0n) is 19.0. The third-order valence-electron chi connectivity index (χ3n) is 5.65. The predicted molar refractivity (Wildman–Crippen MR) is 148 cm³/mol. The van der Waals surface area contributed by atoms with Crippen molar-refractivity contribution in [1.29, 1.82) is 0 Å². The van der Waals surface area contributed by atoms with Crippen LogP contribution in [0.25, 0.3) is 0 Å². The molecule has 0 spiro atoms. The van der Waals surface area contributed by atoms with Crippen LogP contribution in [0.2, 0.25) is 20.1 Å². The van der Waals surface area contributed by atoms with Crippen molar-refractivity contribution in [1.82, 2.24) is 4.57 Å². The van der Waals surface area contributed by atoms with Gasteiger partial charge in [-0.15, -0.1) is 0 Å². The fourth-order valence-electron chi connectivity index (χ4n) is 3.71. The van der Waals surface area contributed by atoms with Crippen LogP contribution in [0.15, 0.2) is 83.9 Å². The van der Waals surface area contributed by atoms with Gasteiger partial charge in [-0.25, -0.2) is 9.13 Å². The van der Waals surface area contributed by atoms with Gasteiger partial charge in [-0.1, -0.05) is 86.6 Å². The Kier molecular flexibility index (Phi) is 9.51. The Morgan fingerprint density at radius 2 is 1.64 bits per heavy atom. The van der Waals surface area contributed by atoms with Crippen molar-refractivity contribution >= 4 is 68.1 Å². The summed E-state index contributed by atoms with van der Waals surface area (Å²) in [5.74, 6) is 0.0942. The van der Waals surface area contributed by atoms with Crippen molar-refractivity contribution in [3.8, 4) is 0 Å². The molecule has 1 aromatic heterocycles. The van der Waals surface area contributed by atoms with Gasteiger partial charge in [-0.05, 0) is 42.0 Å². The second-order valence-electron chi connectivity index (χ2n) is 8.23. The first kappa shape index (κ1) is 27.2. The van der Waals surface area contributed by atoms with E-state index in [1.807, 2.05) is 64.3 Å². The maximum Gasteiger partial charge on any atom is 0.243 e. The summed E-state index contributed by atoms with van der Waals surface area (Å²) < 4.78 is 11.2. The van der Waals surface area contributed by atoms with E-state index in [1.165, 1.54) is 0 Å². The van der Waals surface area contributed by atoms with Crippen molar-refractivity contribution in [2.75, 3.05) is 0 Å². The summed E-state index contributed by atoms with van der Waals surface area (Å²) >= 11 is 28.4. The van der Waals surface area contributed by atoms with Gasteiger partial charge >= 0.3 is 0 Å². The van der Waals surface area contributed by atoms with Crippen LogP contribution in [0.3, 0.4) is 0 Å². The van der Waals surface area contributed by atoms with Crippen LogP contribution >= 0.6 is 62.3 Å². The third kappa shape index (κ3) is 7.34. The molecule has 1 atom stereocenters. The Morgan fingerprint density at radius 1 is 0.944 bits per heavy atom. The second kappa shape index (κ2) is 12.6. The lowest BCUT2D eigenvalue weighted by Gasteiger charge is -2.19. The monoisotopic (exact) mass is 625 g/mol. The number of halogens is 5. The Hall–Kier alpha value is -1.86. The lowest BCUT2D eigenvalue weighted by molar-refractivity contribution is -0.704. The number of aryl methyl sites for hydroxylation is 1. The van der Waals surface area contributed by atoms with Crippen molar-refractivity contribution in [2.45, 2.75) is 32.2 Å². The maximum atomic E-state index is 12.5. The maximum absolute atomic E-state index is 12.5. The Balaban J connectivity index is 1.46. The molecule has 0 saturated carbocycles. The molecule has 0 aliphatic rings. The first-order chi connectivity index (χ1) is 17.3. The van der Waals surface area contributed by atoms with Crippen molar-refractivity contribution < 1.29 is 14.1 Å². The molecule has 186 valence electrons. The van der Waals surface area contributed by atoms with Gasteiger partial charge in [-0.3, -0.25) is 4.79 Å². The Labute approximate surface area is 238 Å². The molecule has 0 bridgehead atoms. The van der Waals surface area contributed by atoms with Gasteiger partial charge in [-0.2, -0.15) is 0 Å². The number of benzene rings is 3. The molecule has 0 saturated heterocycles. The van der Waals surface area contributed by atoms with Crippen LogP contribution in [0.5, 0.6) is 0 Å². The van der Waals surface area contributed by atoms with Crippen LogP contribution < -0.4 is 4.57 Å². The van der Waals surface area contributed by atoms with Crippen LogP contribution in [-0.2, 0) is 24.4 Å². The van der Waals surface area contributed by atoms with Crippen molar-refractivity contribution in [2.24, 2.45) is 0 Å². The molecular formula is C27H22BrCl4N2O2+. The highest BCUT2D eigenvalue weighted by Crippen LogP contribution is 2.31. The Morgan fingerprint density at radius 3 is 2.33 bits per heavy atom. The molecule has 0 radical (unpaired) electrons. The lowest BCUT2D eigenvalue weighted by Crippen LogP contribution is -2.35. The van der Waals surface area contributed by atoms with E-state index in [9.17, 15) is 4.79 Å². The number of hydrogen-bond acceptors (Lipinski definition) is 2. The largest absolute Gasteiger partial charge is 0.365 e. The molecule has 4 nitrogen and oxygen atoms in total. The number of ketones is 1. The first-order valence-corrected chi connectivity index (χ1v) is 13.4. The molecule has 0 aliphatic heterocycles. The fourth-order valence-corrected chi connectivity index (χ4v) is 4.97. The highest BCUT2D eigenvalue weighted by atomic mass is 79.9. The van der Waals surface area contributed by atoms with Crippen molar-refractivity contribution in [3.05, 3.63) is 121 Å². The normalized spacial score (nSPS) is 12.0. The van der Waals surface area contributed by atoms with Gasteiger partial charge in [0.25, 0.3) is 0 Å². The summed E-state index contributed by atoms with van der Waals surface area (Å²) in [6.07, 6.45) is 5.86.